The summed E-state index contributed by atoms with van der Waals surface area (Å²) in [7, 11) is 1.39. The van der Waals surface area contributed by atoms with Gasteiger partial charge in [-0.1, -0.05) is 11.6 Å². The average molecular weight is 504 g/mol. The van der Waals surface area contributed by atoms with E-state index in [4.69, 9.17) is 26.2 Å². The summed E-state index contributed by atoms with van der Waals surface area (Å²) in [6.07, 6.45) is 3.07. The molecule has 0 amide bonds. The molecule has 3 aliphatic rings. The van der Waals surface area contributed by atoms with E-state index < -0.39 is 24.5 Å². The third kappa shape index (κ3) is 4.77. The maximum absolute atomic E-state index is 13.3. The van der Waals surface area contributed by atoms with Crippen molar-refractivity contribution in [2.45, 2.75) is 50.9 Å². The molecule has 0 atom stereocenters. The highest BCUT2D eigenvalue weighted by Gasteiger charge is 2.43. The monoisotopic (exact) mass is 503 g/mol. The van der Waals surface area contributed by atoms with Crippen molar-refractivity contribution >= 4 is 35.1 Å². The molecule has 2 N–H and O–H groups in total. The van der Waals surface area contributed by atoms with Crippen LogP contribution in [0.1, 0.15) is 56.4 Å². The number of hydrogen-bond donors (Lipinski definition) is 2. The zero-order valence-corrected chi connectivity index (χ0v) is 20.0. The molecule has 4 rings (SSSR count). The van der Waals surface area contributed by atoms with Crippen molar-refractivity contribution in [3.8, 4) is 11.5 Å². The van der Waals surface area contributed by atoms with Gasteiger partial charge in [0.05, 0.1) is 18.6 Å². The van der Waals surface area contributed by atoms with Gasteiger partial charge in [0, 0.05) is 47.8 Å². The minimum atomic E-state index is -1.17. The maximum atomic E-state index is 13.3. The number of ketones is 2. The van der Waals surface area contributed by atoms with Crippen molar-refractivity contribution in [1.29, 1.82) is 0 Å². The molecule has 1 aromatic carbocycles. The molecule has 2 aliphatic carbocycles. The molecule has 0 bridgehead atoms. The molecule has 1 aromatic rings. The molecule has 0 unspecified atom stereocenters. The fraction of sp³-hybridized carbons (Fsp3) is 0.440. The number of Topliss-reactive ketones (excluding diaryl/α,β-unsaturated/α-hetero) is 2. The summed E-state index contributed by atoms with van der Waals surface area (Å²) >= 11 is 6.48. The molecule has 186 valence electrons. The average Bonchev–Trinajstić information content (AvgIpc) is 2.81. The number of aliphatic carboxylic acids is 2. The van der Waals surface area contributed by atoms with Gasteiger partial charge in [0.15, 0.2) is 29.7 Å². The van der Waals surface area contributed by atoms with Gasteiger partial charge < -0.3 is 24.6 Å². The summed E-state index contributed by atoms with van der Waals surface area (Å²) in [5, 5.41) is 18.4. The number of nitrogens with zero attached hydrogens (tertiary/aromatic N) is 1. The number of carboxylic acids is 2. The fourth-order valence-electron chi connectivity index (χ4n) is 5.21. The van der Waals surface area contributed by atoms with Gasteiger partial charge in [-0.3, -0.25) is 14.4 Å². The number of rotatable bonds is 8. The van der Waals surface area contributed by atoms with E-state index in [-0.39, 0.29) is 41.1 Å². The van der Waals surface area contributed by atoms with Crippen molar-refractivity contribution in [3.05, 3.63) is 45.3 Å². The van der Waals surface area contributed by atoms with Crippen LogP contribution in [0.15, 0.2) is 34.7 Å². The van der Waals surface area contributed by atoms with Crippen LogP contribution in [-0.2, 0) is 19.2 Å². The number of methoxy groups -OCH3 is 1. The number of halogens is 1. The van der Waals surface area contributed by atoms with E-state index >= 15 is 0 Å². The SMILES string of the molecule is COc1cc(C2C3=C(CCCC3=O)N(CCC(=O)O)C3=C2C(=O)CCC3)cc(Cl)c1OCC(=O)O. The van der Waals surface area contributed by atoms with Crippen LogP contribution in [0.25, 0.3) is 0 Å². The molecular weight excluding hydrogens is 478 g/mol. The van der Waals surface area contributed by atoms with Crippen molar-refractivity contribution < 1.29 is 38.9 Å². The Morgan fingerprint density at radius 3 is 2.11 bits per heavy atom. The van der Waals surface area contributed by atoms with Crippen LogP contribution in [0, 0.1) is 0 Å². The molecule has 0 saturated heterocycles. The first-order valence-electron chi connectivity index (χ1n) is 11.5. The van der Waals surface area contributed by atoms with Crippen molar-refractivity contribution in [1.82, 2.24) is 4.90 Å². The van der Waals surface area contributed by atoms with Gasteiger partial charge in [-0.2, -0.15) is 0 Å². The smallest absolute Gasteiger partial charge is 0.341 e. The zero-order chi connectivity index (χ0) is 25.3. The van der Waals surface area contributed by atoms with Crippen molar-refractivity contribution in [3.63, 3.8) is 0 Å². The topological polar surface area (TPSA) is 130 Å². The Bertz CT molecular complexity index is 1120. The largest absolute Gasteiger partial charge is 0.493 e. The summed E-state index contributed by atoms with van der Waals surface area (Å²) in [6.45, 7) is -0.425. The predicted octanol–water partition coefficient (Wildman–Crippen LogP) is 3.70. The zero-order valence-electron chi connectivity index (χ0n) is 19.3. The maximum Gasteiger partial charge on any atom is 0.341 e. The van der Waals surface area contributed by atoms with Gasteiger partial charge in [-0.05, 0) is 43.4 Å². The Kier molecular flexibility index (Phi) is 7.16. The number of hydrogen-bond acceptors (Lipinski definition) is 7. The van der Waals surface area contributed by atoms with E-state index in [1.54, 1.807) is 12.1 Å². The first kappa shape index (κ1) is 24.8. The van der Waals surface area contributed by atoms with Crippen molar-refractivity contribution in [2.75, 3.05) is 20.3 Å². The Morgan fingerprint density at radius 2 is 1.60 bits per heavy atom. The molecule has 9 nitrogen and oxygen atoms in total. The molecular formula is C25H26ClNO8. The van der Waals surface area contributed by atoms with Gasteiger partial charge in [0.2, 0.25) is 0 Å². The minimum absolute atomic E-state index is 0.0626. The van der Waals surface area contributed by atoms with E-state index in [9.17, 15) is 24.3 Å². The second-order valence-corrected chi connectivity index (χ2v) is 9.13. The molecule has 1 aliphatic heterocycles. The number of carbonyl (C=O) groups is 4. The predicted molar refractivity (Wildman–Crippen MR) is 125 cm³/mol. The third-order valence-electron chi connectivity index (χ3n) is 6.56. The van der Waals surface area contributed by atoms with Gasteiger partial charge in [0.25, 0.3) is 0 Å². The highest BCUT2D eigenvalue weighted by Crippen LogP contribution is 2.51. The van der Waals surface area contributed by atoms with E-state index in [2.05, 4.69) is 0 Å². The Labute approximate surface area is 206 Å². The highest BCUT2D eigenvalue weighted by molar-refractivity contribution is 6.32. The molecule has 35 heavy (non-hydrogen) atoms. The van der Waals surface area contributed by atoms with E-state index in [0.717, 1.165) is 11.4 Å². The van der Waals surface area contributed by atoms with Crippen LogP contribution in [0.4, 0.5) is 0 Å². The standard InChI is InChI=1S/C25H26ClNO8/c1-34-19-11-13(10-14(26)25(19)35-12-21(32)33)22-23-15(4-2-6-17(23)28)27(9-8-20(30)31)16-5-3-7-18(29)24(16)22/h10-11,22H,2-9,12H2,1H3,(H,30,31)(H,32,33). The second kappa shape index (κ2) is 10.1. The van der Waals surface area contributed by atoms with Crippen LogP contribution in [0.5, 0.6) is 11.5 Å². The number of carbonyl (C=O) groups excluding carboxylic acids is 2. The summed E-state index contributed by atoms with van der Waals surface area (Å²) < 4.78 is 10.7. The Hall–Kier alpha value is -3.33. The first-order valence-corrected chi connectivity index (χ1v) is 11.8. The minimum Gasteiger partial charge on any atom is -0.493 e. The molecule has 1 heterocycles. The van der Waals surface area contributed by atoms with Gasteiger partial charge in [-0.25, -0.2) is 4.79 Å². The number of allylic oxidation sites excluding steroid dienone is 4. The summed E-state index contributed by atoms with van der Waals surface area (Å²) in [6, 6.07) is 3.21. The Morgan fingerprint density at radius 1 is 1.00 bits per heavy atom. The van der Waals surface area contributed by atoms with E-state index in [1.807, 2.05) is 4.90 Å². The summed E-state index contributed by atoms with van der Waals surface area (Å²) in [5.74, 6) is -2.70. The number of benzene rings is 1. The summed E-state index contributed by atoms with van der Waals surface area (Å²) in [4.78, 5) is 50.7. The number of ether oxygens (including phenoxy) is 2. The highest BCUT2D eigenvalue weighted by atomic mass is 35.5. The lowest BCUT2D eigenvalue weighted by Crippen LogP contribution is -2.39. The van der Waals surface area contributed by atoms with Gasteiger partial charge >= 0.3 is 11.9 Å². The second-order valence-electron chi connectivity index (χ2n) is 8.72. The van der Waals surface area contributed by atoms with Crippen LogP contribution in [0.3, 0.4) is 0 Å². The van der Waals surface area contributed by atoms with Crippen molar-refractivity contribution in [2.24, 2.45) is 0 Å². The molecule has 0 spiro atoms. The summed E-state index contributed by atoms with van der Waals surface area (Å²) in [5.41, 5.74) is 3.09. The quantitative estimate of drug-likeness (QED) is 0.545. The van der Waals surface area contributed by atoms with Crippen LogP contribution < -0.4 is 9.47 Å². The number of carboxylic acid groups (broad SMARTS) is 2. The van der Waals surface area contributed by atoms with Gasteiger partial charge in [0.1, 0.15) is 0 Å². The first-order chi connectivity index (χ1) is 16.7. The van der Waals surface area contributed by atoms with E-state index in [1.165, 1.54) is 7.11 Å². The molecule has 10 heteroatoms. The molecule has 0 radical (unpaired) electrons. The van der Waals surface area contributed by atoms with E-state index in [0.29, 0.717) is 55.2 Å². The fourth-order valence-corrected chi connectivity index (χ4v) is 5.48. The molecule has 0 aromatic heterocycles. The van der Waals surface area contributed by atoms with Gasteiger partial charge in [-0.15, -0.1) is 0 Å². The Balaban J connectivity index is 1.89. The lowest BCUT2D eigenvalue weighted by molar-refractivity contribution is -0.139. The lowest BCUT2D eigenvalue weighted by atomic mass is 9.71. The van der Waals surface area contributed by atoms with Crippen LogP contribution in [-0.4, -0.2) is 58.9 Å². The van der Waals surface area contributed by atoms with Crippen LogP contribution in [0.2, 0.25) is 5.02 Å². The molecule has 0 fully saturated rings. The molecule has 0 saturated carbocycles. The normalized spacial score (nSPS) is 18.4. The van der Waals surface area contributed by atoms with Crippen LogP contribution >= 0.6 is 11.6 Å². The lowest BCUT2D eigenvalue weighted by Gasteiger charge is -2.44. The third-order valence-corrected chi connectivity index (χ3v) is 6.84.